The van der Waals surface area contributed by atoms with Gasteiger partial charge in [0, 0.05) is 38.6 Å². The molecule has 1 fully saturated rings. The Labute approximate surface area is 166 Å². The standard InChI is InChI=1S/C20H27ClN6/c1-2-22-20(23-10-9-16-5-7-18(21)24-13-16)26-15-17-6-8-19(25-14-17)27-11-3-4-12-27/h5-8,13-14H,2-4,9-12,15H2,1H3,(H2,22,23,26). The Morgan fingerprint density at radius 2 is 1.85 bits per heavy atom. The number of halogens is 1. The minimum Gasteiger partial charge on any atom is -0.357 e. The van der Waals surface area contributed by atoms with Crippen LogP contribution in [0.15, 0.2) is 41.7 Å². The fourth-order valence-electron chi connectivity index (χ4n) is 3.04. The topological polar surface area (TPSA) is 65.4 Å². The number of pyridine rings is 2. The summed E-state index contributed by atoms with van der Waals surface area (Å²) in [5.74, 6) is 1.88. The average molecular weight is 387 g/mol. The Morgan fingerprint density at radius 3 is 2.52 bits per heavy atom. The van der Waals surface area contributed by atoms with Crippen molar-refractivity contribution in [3.63, 3.8) is 0 Å². The van der Waals surface area contributed by atoms with Crippen LogP contribution in [0, 0.1) is 0 Å². The van der Waals surface area contributed by atoms with E-state index < -0.39 is 0 Å². The lowest BCUT2D eigenvalue weighted by molar-refractivity contribution is 0.797. The summed E-state index contributed by atoms with van der Waals surface area (Å²) in [6, 6.07) is 8.03. The van der Waals surface area contributed by atoms with Crippen LogP contribution in [-0.2, 0) is 13.0 Å². The smallest absolute Gasteiger partial charge is 0.191 e. The van der Waals surface area contributed by atoms with Gasteiger partial charge < -0.3 is 15.5 Å². The summed E-state index contributed by atoms with van der Waals surface area (Å²) >= 11 is 5.82. The third kappa shape index (κ3) is 6.10. The van der Waals surface area contributed by atoms with Gasteiger partial charge in [0.05, 0.1) is 6.54 Å². The maximum atomic E-state index is 5.82. The van der Waals surface area contributed by atoms with Crippen LogP contribution >= 0.6 is 11.6 Å². The third-order valence-electron chi connectivity index (χ3n) is 4.50. The van der Waals surface area contributed by atoms with Crippen molar-refractivity contribution in [1.29, 1.82) is 0 Å². The molecule has 0 aliphatic carbocycles. The number of nitrogens with one attached hydrogen (secondary N) is 2. The van der Waals surface area contributed by atoms with E-state index in [9.17, 15) is 0 Å². The van der Waals surface area contributed by atoms with E-state index in [4.69, 9.17) is 11.6 Å². The molecule has 2 aromatic rings. The SMILES string of the molecule is CCNC(=NCc1ccc(N2CCCC2)nc1)NCCc1ccc(Cl)nc1. The van der Waals surface area contributed by atoms with Gasteiger partial charge in [0.2, 0.25) is 0 Å². The summed E-state index contributed by atoms with van der Waals surface area (Å²) in [4.78, 5) is 15.7. The molecule has 3 rings (SSSR count). The van der Waals surface area contributed by atoms with Gasteiger partial charge in [-0.05, 0) is 49.4 Å². The van der Waals surface area contributed by atoms with E-state index in [0.29, 0.717) is 11.7 Å². The van der Waals surface area contributed by atoms with Crippen molar-refractivity contribution in [1.82, 2.24) is 20.6 Å². The molecule has 0 aromatic carbocycles. The first kappa shape index (κ1) is 19.4. The number of aromatic nitrogens is 2. The van der Waals surface area contributed by atoms with Crippen LogP contribution in [0.1, 0.15) is 30.9 Å². The first-order chi connectivity index (χ1) is 13.2. The average Bonchev–Trinajstić information content (AvgIpc) is 3.23. The molecule has 7 heteroatoms. The molecule has 2 aromatic heterocycles. The molecule has 3 heterocycles. The fraction of sp³-hybridized carbons (Fsp3) is 0.450. The van der Waals surface area contributed by atoms with Crippen molar-refractivity contribution < 1.29 is 0 Å². The maximum Gasteiger partial charge on any atom is 0.191 e. The van der Waals surface area contributed by atoms with Gasteiger partial charge in [0.15, 0.2) is 5.96 Å². The van der Waals surface area contributed by atoms with Crippen LogP contribution in [-0.4, -0.2) is 42.1 Å². The molecule has 1 aliphatic heterocycles. The molecule has 0 unspecified atom stereocenters. The molecule has 0 amide bonds. The molecule has 1 saturated heterocycles. The highest BCUT2D eigenvalue weighted by Crippen LogP contribution is 2.17. The molecule has 0 spiro atoms. The molecule has 0 atom stereocenters. The second-order valence-electron chi connectivity index (χ2n) is 6.58. The molecule has 0 bridgehead atoms. The van der Waals surface area contributed by atoms with Gasteiger partial charge in [0.1, 0.15) is 11.0 Å². The van der Waals surface area contributed by atoms with E-state index >= 15 is 0 Å². The number of nitrogens with zero attached hydrogens (tertiary/aromatic N) is 4. The van der Waals surface area contributed by atoms with Crippen LogP contribution < -0.4 is 15.5 Å². The highest BCUT2D eigenvalue weighted by molar-refractivity contribution is 6.29. The minimum atomic E-state index is 0.519. The zero-order valence-corrected chi connectivity index (χ0v) is 16.5. The Bertz CT molecular complexity index is 723. The molecular formula is C20H27ClN6. The Kier molecular flexibility index (Phi) is 7.27. The van der Waals surface area contributed by atoms with Crippen molar-refractivity contribution in [2.75, 3.05) is 31.1 Å². The molecule has 0 radical (unpaired) electrons. The van der Waals surface area contributed by atoms with Crippen LogP contribution in [0.2, 0.25) is 5.15 Å². The van der Waals surface area contributed by atoms with E-state index in [1.165, 1.54) is 12.8 Å². The van der Waals surface area contributed by atoms with Crippen LogP contribution in [0.25, 0.3) is 0 Å². The fourth-order valence-corrected chi connectivity index (χ4v) is 3.15. The van der Waals surface area contributed by atoms with Crippen molar-refractivity contribution in [3.8, 4) is 0 Å². The summed E-state index contributed by atoms with van der Waals surface area (Å²) in [5, 5.41) is 7.16. The van der Waals surface area contributed by atoms with Gasteiger partial charge in [-0.15, -0.1) is 0 Å². The quantitative estimate of drug-likeness (QED) is 0.435. The van der Waals surface area contributed by atoms with Crippen molar-refractivity contribution >= 4 is 23.4 Å². The zero-order valence-electron chi connectivity index (χ0n) is 15.8. The van der Waals surface area contributed by atoms with Gasteiger partial charge in [-0.25, -0.2) is 15.0 Å². The molecule has 6 nitrogen and oxygen atoms in total. The number of rotatable bonds is 7. The molecule has 2 N–H and O–H groups in total. The highest BCUT2D eigenvalue weighted by atomic mass is 35.5. The first-order valence-corrected chi connectivity index (χ1v) is 9.95. The summed E-state index contributed by atoms with van der Waals surface area (Å²) in [7, 11) is 0. The summed E-state index contributed by atoms with van der Waals surface area (Å²) < 4.78 is 0. The predicted molar refractivity (Wildman–Crippen MR) is 111 cm³/mol. The predicted octanol–water partition coefficient (Wildman–Crippen LogP) is 3.03. The molecular weight excluding hydrogens is 360 g/mol. The van der Waals surface area contributed by atoms with Gasteiger partial charge >= 0.3 is 0 Å². The van der Waals surface area contributed by atoms with Gasteiger partial charge in [0.25, 0.3) is 0 Å². The normalized spacial score (nSPS) is 14.4. The van der Waals surface area contributed by atoms with E-state index in [1.54, 1.807) is 0 Å². The van der Waals surface area contributed by atoms with Crippen molar-refractivity contribution in [2.45, 2.75) is 32.7 Å². The number of anilines is 1. The largest absolute Gasteiger partial charge is 0.357 e. The van der Waals surface area contributed by atoms with E-state index in [1.807, 2.05) is 24.5 Å². The van der Waals surface area contributed by atoms with Gasteiger partial charge in [-0.2, -0.15) is 0 Å². The second kappa shape index (κ2) is 10.1. The molecule has 144 valence electrons. The summed E-state index contributed by atoms with van der Waals surface area (Å²) in [6.45, 7) is 6.49. The molecule has 0 saturated carbocycles. The third-order valence-corrected chi connectivity index (χ3v) is 4.72. The van der Waals surface area contributed by atoms with Gasteiger partial charge in [-0.1, -0.05) is 23.7 Å². The summed E-state index contributed by atoms with van der Waals surface area (Å²) in [6.07, 6.45) is 7.12. The van der Waals surface area contributed by atoms with Crippen LogP contribution in [0.3, 0.4) is 0 Å². The molecule has 27 heavy (non-hydrogen) atoms. The molecule has 1 aliphatic rings. The number of guanidine groups is 1. The number of hydrogen-bond donors (Lipinski definition) is 2. The lowest BCUT2D eigenvalue weighted by atomic mass is 10.2. The van der Waals surface area contributed by atoms with Crippen molar-refractivity contribution in [3.05, 3.63) is 52.9 Å². The Morgan fingerprint density at radius 1 is 1.07 bits per heavy atom. The van der Waals surface area contributed by atoms with E-state index in [2.05, 4.69) is 49.6 Å². The van der Waals surface area contributed by atoms with E-state index in [-0.39, 0.29) is 0 Å². The minimum absolute atomic E-state index is 0.519. The van der Waals surface area contributed by atoms with Crippen molar-refractivity contribution in [2.24, 2.45) is 4.99 Å². The lowest BCUT2D eigenvalue weighted by Gasteiger charge is -2.16. The highest BCUT2D eigenvalue weighted by Gasteiger charge is 2.12. The van der Waals surface area contributed by atoms with E-state index in [0.717, 1.165) is 55.5 Å². The monoisotopic (exact) mass is 386 g/mol. The second-order valence-corrected chi connectivity index (χ2v) is 6.97. The summed E-state index contributed by atoms with van der Waals surface area (Å²) in [5.41, 5.74) is 2.25. The maximum absolute atomic E-state index is 5.82. The Balaban J connectivity index is 1.50. The number of aliphatic imine (C=N–C) groups is 1. The van der Waals surface area contributed by atoms with Crippen LogP contribution in [0.4, 0.5) is 5.82 Å². The first-order valence-electron chi connectivity index (χ1n) is 9.57. The lowest BCUT2D eigenvalue weighted by Crippen LogP contribution is -2.38. The Hall–Kier alpha value is -2.34. The van der Waals surface area contributed by atoms with Gasteiger partial charge in [-0.3, -0.25) is 0 Å². The number of hydrogen-bond acceptors (Lipinski definition) is 4. The zero-order chi connectivity index (χ0) is 18.9. The van der Waals surface area contributed by atoms with Crippen LogP contribution in [0.5, 0.6) is 0 Å².